The van der Waals surface area contributed by atoms with Crippen molar-refractivity contribution in [3.05, 3.63) is 30.3 Å². The first-order valence-electron chi connectivity index (χ1n) is 10.0. The molecule has 3 rings (SSSR count). The Bertz CT molecular complexity index is 584. The maximum absolute atomic E-state index is 11.3. The van der Waals surface area contributed by atoms with E-state index in [-0.39, 0.29) is 5.91 Å². The van der Waals surface area contributed by atoms with E-state index >= 15 is 0 Å². The van der Waals surface area contributed by atoms with Gasteiger partial charge in [-0.2, -0.15) is 11.8 Å². The van der Waals surface area contributed by atoms with Gasteiger partial charge < -0.3 is 4.74 Å². The lowest BCUT2D eigenvalue weighted by Gasteiger charge is -2.27. The molecule has 0 aromatic heterocycles. The van der Waals surface area contributed by atoms with Crippen LogP contribution in [-0.2, 0) is 9.53 Å². The second-order valence-electron chi connectivity index (χ2n) is 7.52. The Balaban J connectivity index is 1.34. The first-order valence-corrected chi connectivity index (χ1v) is 12.2. The van der Waals surface area contributed by atoms with E-state index in [9.17, 15) is 4.79 Å². The number of benzene rings is 1. The Hall–Kier alpha value is -0.690. The van der Waals surface area contributed by atoms with Gasteiger partial charge in [0.25, 0.3) is 0 Å². The lowest BCUT2D eigenvalue weighted by atomic mass is 9.79. The highest BCUT2D eigenvalue weighted by atomic mass is 32.2. The lowest BCUT2D eigenvalue weighted by molar-refractivity contribution is -0.159. The molecule has 2 fully saturated rings. The summed E-state index contributed by atoms with van der Waals surface area (Å²) >= 11 is 3.97. The van der Waals surface area contributed by atoms with Crippen molar-refractivity contribution in [2.45, 2.75) is 55.6 Å². The minimum absolute atomic E-state index is 0.196. The molecular formula is C21H31NO3S2. The molecule has 1 amide bonds. The summed E-state index contributed by atoms with van der Waals surface area (Å²) in [6, 6.07) is 10.7. The summed E-state index contributed by atoms with van der Waals surface area (Å²) in [5.41, 5.74) is 0. The van der Waals surface area contributed by atoms with E-state index < -0.39 is 0 Å². The number of ether oxygens (including phenoxy) is 1. The monoisotopic (exact) mass is 409 g/mol. The summed E-state index contributed by atoms with van der Waals surface area (Å²) in [4.78, 5) is 12.7. The summed E-state index contributed by atoms with van der Waals surface area (Å²) in [7, 11) is 1.39. The summed E-state index contributed by atoms with van der Waals surface area (Å²) in [5.74, 6) is 4.63. The van der Waals surface area contributed by atoms with Gasteiger partial charge in [0.05, 0.1) is 12.2 Å². The molecule has 0 spiro atoms. The van der Waals surface area contributed by atoms with Crippen molar-refractivity contribution in [2.24, 2.45) is 11.8 Å². The highest BCUT2D eigenvalue weighted by molar-refractivity contribution is 7.99. The van der Waals surface area contributed by atoms with Crippen molar-refractivity contribution in [2.75, 3.05) is 24.3 Å². The maximum atomic E-state index is 11.3. The minimum Gasteiger partial charge on any atom is -0.374 e. The number of carbonyl (C=O) groups is 1. The molecular weight excluding hydrogens is 378 g/mol. The van der Waals surface area contributed by atoms with Crippen LogP contribution < -0.4 is 0 Å². The van der Waals surface area contributed by atoms with E-state index in [4.69, 9.17) is 9.94 Å². The standard InChI is InChI=1S/C21H31NO3S2/c1-22(24)21(23)9-5-6-13-26-14-12-17-18(20-11-10-19(17)25-20)15-27-16-7-3-2-4-8-16/h2-4,7-8,17-20,24H,5-6,9-15H2,1H3. The predicted octanol–water partition coefficient (Wildman–Crippen LogP) is 4.71. The fraction of sp³-hybridized carbons (Fsp3) is 0.667. The van der Waals surface area contributed by atoms with Gasteiger partial charge in [0.15, 0.2) is 0 Å². The van der Waals surface area contributed by atoms with E-state index in [1.165, 1.54) is 37.0 Å². The number of nitrogens with zero attached hydrogens (tertiary/aromatic N) is 1. The summed E-state index contributed by atoms with van der Waals surface area (Å²) < 4.78 is 6.24. The fourth-order valence-corrected chi connectivity index (χ4v) is 6.42. The van der Waals surface area contributed by atoms with E-state index in [0.717, 1.165) is 24.3 Å². The Morgan fingerprint density at radius 3 is 2.63 bits per heavy atom. The van der Waals surface area contributed by atoms with Gasteiger partial charge in [-0.1, -0.05) is 18.2 Å². The van der Waals surface area contributed by atoms with Gasteiger partial charge in [-0.3, -0.25) is 10.0 Å². The molecule has 2 saturated heterocycles. The number of amides is 1. The fourth-order valence-electron chi connectivity index (χ4n) is 4.17. The van der Waals surface area contributed by atoms with Crippen molar-refractivity contribution in [1.29, 1.82) is 0 Å². The Kier molecular flexibility index (Phi) is 8.37. The van der Waals surface area contributed by atoms with Crippen LogP contribution in [0.3, 0.4) is 0 Å². The summed E-state index contributed by atoms with van der Waals surface area (Å²) in [6.07, 6.45) is 6.99. The van der Waals surface area contributed by atoms with E-state index in [2.05, 4.69) is 30.3 Å². The third-order valence-corrected chi connectivity index (χ3v) is 7.92. The Morgan fingerprint density at radius 1 is 1.15 bits per heavy atom. The van der Waals surface area contributed by atoms with Crippen LogP contribution in [0.5, 0.6) is 0 Å². The number of thioether (sulfide) groups is 2. The van der Waals surface area contributed by atoms with Crippen LogP contribution >= 0.6 is 23.5 Å². The van der Waals surface area contributed by atoms with Crippen LogP contribution in [0.1, 0.15) is 38.5 Å². The highest BCUT2D eigenvalue weighted by Crippen LogP contribution is 2.47. The Morgan fingerprint density at radius 2 is 1.89 bits per heavy atom. The molecule has 4 unspecified atom stereocenters. The predicted molar refractivity (Wildman–Crippen MR) is 112 cm³/mol. The van der Waals surface area contributed by atoms with Crippen molar-refractivity contribution >= 4 is 29.4 Å². The van der Waals surface area contributed by atoms with E-state index in [1.54, 1.807) is 0 Å². The first kappa shape index (κ1) is 21.0. The number of unbranched alkanes of at least 4 members (excludes halogenated alkanes) is 1. The Labute approximate surface area is 171 Å². The number of carbonyl (C=O) groups excluding carboxylic acids is 1. The van der Waals surface area contributed by atoms with Crippen LogP contribution in [0, 0.1) is 11.8 Å². The average molecular weight is 410 g/mol. The SMILES string of the molecule is CN(O)C(=O)CCCCSCCC1C2CCC(O2)C1CSc1ccccc1. The normalized spacial score (nSPS) is 26.4. The van der Waals surface area contributed by atoms with Gasteiger partial charge in [-0.25, -0.2) is 5.06 Å². The first-order chi connectivity index (χ1) is 13.1. The second kappa shape index (κ2) is 10.7. The zero-order valence-corrected chi connectivity index (χ0v) is 17.7. The van der Waals surface area contributed by atoms with Crippen LogP contribution in [0.2, 0.25) is 0 Å². The van der Waals surface area contributed by atoms with Crippen LogP contribution in [0.4, 0.5) is 0 Å². The molecule has 27 heavy (non-hydrogen) atoms. The number of fused-ring (bicyclic) bond motifs is 2. The molecule has 2 aliphatic rings. The number of rotatable bonds is 11. The molecule has 2 aliphatic heterocycles. The molecule has 0 saturated carbocycles. The van der Waals surface area contributed by atoms with Gasteiger partial charge in [0.2, 0.25) is 5.91 Å². The maximum Gasteiger partial charge on any atom is 0.245 e. The molecule has 2 heterocycles. The minimum atomic E-state index is -0.196. The molecule has 0 radical (unpaired) electrons. The second-order valence-corrected chi connectivity index (χ2v) is 9.84. The smallest absolute Gasteiger partial charge is 0.245 e. The van der Waals surface area contributed by atoms with Crippen LogP contribution in [0.25, 0.3) is 0 Å². The topological polar surface area (TPSA) is 49.8 Å². The largest absolute Gasteiger partial charge is 0.374 e. The quantitative estimate of drug-likeness (QED) is 0.248. The molecule has 1 N–H and O–H groups in total. The van der Waals surface area contributed by atoms with Crippen molar-refractivity contribution in [3.8, 4) is 0 Å². The number of hydrogen-bond donors (Lipinski definition) is 1. The lowest BCUT2D eigenvalue weighted by Crippen LogP contribution is -2.29. The van der Waals surface area contributed by atoms with Gasteiger partial charge >= 0.3 is 0 Å². The molecule has 6 heteroatoms. The van der Waals surface area contributed by atoms with Gasteiger partial charge in [0, 0.05) is 24.1 Å². The number of hydrogen-bond acceptors (Lipinski definition) is 5. The zero-order chi connectivity index (χ0) is 19.1. The third-order valence-electron chi connectivity index (χ3n) is 5.66. The van der Waals surface area contributed by atoms with Gasteiger partial charge in [-0.15, -0.1) is 11.8 Å². The van der Waals surface area contributed by atoms with Crippen molar-refractivity contribution < 1.29 is 14.7 Å². The molecule has 2 bridgehead atoms. The average Bonchev–Trinajstić information content (AvgIpc) is 3.28. The highest BCUT2D eigenvalue weighted by Gasteiger charge is 2.48. The van der Waals surface area contributed by atoms with Crippen molar-refractivity contribution in [1.82, 2.24) is 5.06 Å². The van der Waals surface area contributed by atoms with E-state index in [0.29, 0.717) is 35.5 Å². The van der Waals surface area contributed by atoms with Crippen LogP contribution in [-0.4, -0.2) is 52.7 Å². The number of hydroxylamine groups is 2. The van der Waals surface area contributed by atoms with E-state index in [1.807, 2.05) is 23.5 Å². The van der Waals surface area contributed by atoms with Gasteiger partial charge in [0.1, 0.15) is 0 Å². The molecule has 150 valence electrons. The van der Waals surface area contributed by atoms with Crippen molar-refractivity contribution in [3.63, 3.8) is 0 Å². The molecule has 4 nitrogen and oxygen atoms in total. The molecule has 1 aromatic carbocycles. The summed E-state index contributed by atoms with van der Waals surface area (Å²) in [5, 5.41) is 9.73. The molecule has 4 atom stereocenters. The molecule has 0 aliphatic carbocycles. The zero-order valence-electron chi connectivity index (χ0n) is 16.1. The van der Waals surface area contributed by atoms with Gasteiger partial charge in [-0.05, 0) is 67.6 Å². The van der Waals surface area contributed by atoms with Crippen LogP contribution in [0.15, 0.2) is 35.2 Å². The molecule has 1 aromatic rings. The third kappa shape index (κ3) is 6.14. The summed E-state index contributed by atoms with van der Waals surface area (Å²) in [6.45, 7) is 0.